The largest absolute Gasteiger partial charge is 0.352 e. The third-order valence-corrected chi connectivity index (χ3v) is 9.80. The molecule has 0 fully saturated rings. The van der Waals surface area contributed by atoms with Crippen LogP contribution in [0.5, 0.6) is 0 Å². The summed E-state index contributed by atoms with van der Waals surface area (Å²) in [5.41, 5.74) is 2.93. The minimum atomic E-state index is -4.25. The lowest BCUT2D eigenvalue weighted by Crippen LogP contribution is -2.54. The van der Waals surface area contributed by atoms with Crippen LogP contribution in [0, 0.1) is 6.92 Å². The van der Waals surface area contributed by atoms with Gasteiger partial charge in [-0.1, -0.05) is 96.4 Å². The van der Waals surface area contributed by atoms with Gasteiger partial charge in [-0.25, -0.2) is 8.42 Å². The van der Waals surface area contributed by atoms with E-state index in [1.165, 1.54) is 35.2 Å². The number of anilines is 1. The molecule has 4 aromatic carbocycles. The lowest BCUT2D eigenvalue weighted by Gasteiger charge is -2.34. The molecule has 0 aliphatic heterocycles. The average molecular weight is 667 g/mol. The minimum Gasteiger partial charge on any atom is -0.352 e. The second-order valence-electron chi connectivity index (χ2n) is 11.0. The van der Waals surface area contributed by atoms with Crippen LogP contribution >= 0.6 is 23.2 Å². The van der Waals surface area contributed by atoms with Crippen molar-refractivity contribution in [3.8, 4) is 0 Å². The van der Waals surface area contributed by atoms with Crippen molar-refractivity contribution in [3.05, 3.63) is 130 Å². The van der Waals surface area contributed by atoms with Gasteiger partial charge < -0.3 is 10.2 Å². The fraction of sp³-hybridized carbons (Fsp3) is 0.257. The Morgan fingerprint density at radius 2 is 1.49 bits per heavy atom. The number of halogens is 2. The van der Waals surface area contributed by atoms with Gasteiger partial charge in [0.15, 0.2) is 0 Å². The fourth-order valence-electron chi connectivity index (χ4n) is 4.78. The highest BCUT2D eigenvalue weighted by atomic mass is 35.5. The summed E-state index contributed by atoms with van der Waals surface area (Å²) in [6, 6.07) is 28.1. The number of nitrogens with one attached hydrogen (secondary N) is 1. The van der Waals surface area contributed by atoms with Gasteiger partial charge in [0.1, 0.15) is 12.6 Å². The van der Waals surface area contributed by atoms with E-state index in [4.69, 9.17) is 23.2 Å². The number of carbonyl (C=O) groups excluding carboxylic acids is 2. The first-order chi connectivity index (χ1) is 21.5. The summed E-state index contributed by atoms with van der Waals surface area (Å²) in [6.45, 7) is 5.36. The molecule has 0 unspecified atom stereocenters. The number of rotatable bonds is 13. The Labute approximate surface area is 275 Å². The van der Waals surface area contributed by atoms with Crippen LogP contribution in [0.4, 0.5) is 5.69 Å². The molecular weight excluding hydrogens is 629 g/mol. The second-order valence-corrected chi connectivity index (χ2v) is 13.7. The Hall–Kier alpha value is -3.85. The van der Waals surface area contributed by atoms with Crippen LogP contribution in [-0.4, -0.2) is 43.8 Å². The molecule has 4 aromatic rings. The van der Waals surface area contributed by atoms with Crippen LogP contribution in [0.15, 0.2) is 108 Å². The van der Waals surface area contributed by atoms with Gasteiger partial charge in [0.25, 0.3) is 10.0 Å². The van der Waals surface area contributed by atoms with Crippen LogP contribution in [0.25, 0.3) is 0 Å². The number of hydrogen-bond donors (Lipinski definition) is 1. The Morgan fingerprint density at radius 3 is 2.11 bits per heavy atom. The molecule has 4 rings (SSSR count). The number of hydrogen-bond acceptors (Lipinski definition) is 4. The molecule has 0 aliphatic rings. The van der Waals surface area contributed by atoms with Crippen LogP contribution < -0.4 is 9.62 Å². The molecule has 0 heterocycles. The van der Waals surface area contributed by atoms with Gasteiger partial charge in [0.05, 0.1) is 10.6 Å². The zero-order chi connectivity index (χ0) is 32.6. The Kier molecular flexibility index (Phi) is 11.7. The molecule has 0 aromatic heterocycles. The van der Waals surface area contributed by atoms with Crippen molar-refractivity contribution in [1.29, 1.82) is 0 Å². The molecule has 45 heavy (non-hydrogen) atoms. The van der Waals surface area contributed by atoms with Gasteiger partial charge in [-0.15, -0.1) is 0 Å². The molecule has 0 spiro atoms. The maximum Gasteiger partial charge on any atom is 0.264 e. The quantitative estimate of drug-likeness (QED) is 0.166. The van der Waals surface area contributed by atoms with Crippen LogP contribution in [0.3, 0.4) is 0 Å². The molecule has 0 saturated carbocycles. The zero-order valence-electron chi connectivity index (χ0n) is 25.5. The number of amides is 2. The highest BCUT2D eigenvalue weighted by molar-refractivity contribution is 7.92. The maximum atomic E-state index is 14.5. The summed E-state index contributed by atoms with van der Waals surface area (Å²) in [7, 11) is -4.25. The molecular formula is C35H37Cl2N3O4S. The third-order valence-electron chi connectivity index (χ3n) is 7.52. The standard InChI is InChI=1S/C35H37Cl2N3O4S/c1-4-26(3)38-35(42)33(21-27-9-6-5-7-10-27)39(23-28-15-13-25(2)14-16-28)34(41)24-40(31-12-8-11-30(37)22-31)45(43,44)32-19-17-29(36)18-20-32/h5-20,22,26,33H,4,21,23-24H2,1-3H3,(H,38,42)/t26-,33+/m1/s1. The summed E-state index contributed by atoms with van der Waals surface area (Å²) in [4.78, 5) is 29.8. The first-order valence-corrected chi connectivity index (χ1v) is 16.9. The lowest BCUT2D eigenvalue weighted by molar-refractivity contribution is -0.140. The van der Waals surface area contributed by atoms with Crippen LogP contribution in [0.2, 0.25) is 10.0 Å². The van der Waals surface area contributed by atoms with Crippen molar-refractivity contribution < 1.29 is 18.0 Å². The molecule has 1 N–H and O–H groups in total. The predicted octanol–water partition coefficient (Wildman–Crippen LogP) is 7.05. The summed E-state index contributed by atoms with van der Waals surface area (Å²) >= 11 is 12.3. The van der Waals surface area contributed by atoms with E-state index in [0.717, 1.165) is 21.0 Å². The van der Waals surface area contributed by atoms with E-state index in [1.54, 1.807) is 18.2 Å². The normalized spacial score (nSPS) is 12.6. The van der Waals surface area contributed by atoms with Gasteiger partial charge in [-0.2, -0.15) is 0 Å². The van der Waals surface area contributed by atoms with E-state index in [0.29, 0.717) is 16.5 Å². The SMILES string of the molecule is CC[C@@H](C)NC(=O)[C@H](Cc1ccccc1)N(Cc1ccc(C)cc1)C(=O)CN(c1cccc(Cl)c1)S(=O)(=O)c1ccc(Cl)cc1. The third kappa shape index (κ3) is 9.10. The molecule has 2 amide bonds. The van der Waals surface area contributed by atoms with Crippen molar-refractivity contribution in [2.45, 2.75) is 57.1 Å². The number of sulfonamides is 1. The zero-order valence-corrected chi connectivity index (χ0v) is 27.8. The van der Waals surface area contributed by atoms with E-state index in [2.05, 4.69) is 5.32 Å². The van der Waals surface area contributed by atoms with E-state index in [1.807, 2.05) is 75.4 Å². The van der Waals surface area contributed by atoms with Crippen molar-refractivity contribution in [2.24, 2.45) is 0 Å². The number of aryl methyl sites for hydroxylation is 1. The summed E-state index contributed by atoms with van der Waals surface area (Å²) in [5.74, 6) is -0.864. The van der Waals surface area contributed by atoms with E-state index in [-0.39, 0.29) is 35.5 Å². The van der Waals surface area contributed by atoms with E-state index < -0.39 is 28.5 Å². The van der Waals surface area contributed by atoms with E-state index >= 15 is 0 Å². The molecule has 0 aliphatic carbocycles. The molecule has 0 radical (unpaired) electrons. The smallest absolute Gasteiger partial charge is 0.264 e. The molecule has 10 heteroatoms. The van der Waals surface area contributed by atoms with Gasteiger partial charge in [0, 0.05) is 29.1 Å². The molecule has 236 valence electrons. The number of nitrogens with zero attached hydrogens (tertiary/aromatic N) is 2. The Balaban J connectivity index is 1.80. The van der Waals surface area contributed by atoms with Gasteiger partial charge in [-0.05, 0) is 73.9 Å². The first-order valence-electron chi connectivity index (χ1n) is 14.7. The van der Waals surface area contributed by atoms with Crippen molar-refractivity contribution in [1.82, 2.24) is 10.2 Å². The first kappa shape index (κ1) is 34.0. The van der Waals surface area contributed by atoms with Gasteiger partial charge in [-0.3, -0.25) is 13.9 Å². The lowest BCUT2D eigenvalue weighted by atomic mass is 10.0. The minimum absolute atomic E-state index is 0.0416. The average Bonchev–Trinajstić information content (AvgIpc) is 3.02. The van der Waals surface area contributed by atoms with Crippen LogP contribution in [0.1, 0.15) is 37.0 Å². The van der Waals surface area contributed by atoms with Crippen molar-refractivity contribution in [3.63, 3.8) is 0 Å². The number of benzene rings is 4. The Bertz CT molecular complexity index is 1700. The molecule has 7 nitrogen and oxygen atoms in total. The Morgan fingerprint density at radius 1 is 0.822 bits per heavy atom. The topological polar surface area (TPSA) is 86.8 Å². The molecule has 0 saturated heterocycles. The van der Waals surface area contributed by atoms with Gasteiger partial charge >= 0.3 is 0 Å². The van der Waals surface area contributed by atoms with Crippen LogP contribution in [-0.2, 0) is 32.6 Å². The predicted molar refractivity (Wildman–Crippen MR) is 181 cm³/mol. The van der Waals surface area contributed by atoms with Gasteiger partial charge in [0.2, 0.25) is 11.8 Å². The number of carbonyl (C=O) groups is 2. The monoisotopic (exact) mass is 665 g/mol. The fourth-order valence-corrected chi connectivity index (χ4v) is 6.50. The maximum absolute atomic E-state index is 14.5. The van der Waals surface area contributed by atoms with Crippen molar-refractivity contribution >= 4 is 50.7 Å². The second kappa shape index (κ2) is 15.4. The molecule has 2 atom stereocenters. The molecule has 0 bridgehead atoms. The summed E-state index contributed by atoms with van der Waals surface area (Å²) in [6.07, 6.45) is 0.944. The summed E-state index contributed by atoms with van der Waals surface area (Å²) in [5, 5.41) is 3.72. The van der Waals surface area contributed by atoms with E-state index in [9.17, 15) is 18.0 Å². The highest BCUT2D eigenvalue weighted by Gasteiger charge is 2.35. The van der Waals surface area contributed by atoms with Crippen molar-refractivity contribution in [2.75, 3.05) is 10.8 Å². The summed E-state index contributed by atoms with van der Waals surface area (Å²) < 4.78 is 29.2. The highest BCUT2D eigenvalue weighted by Crippen LogP contribution is 2.28.